The van der Waals surface area contributed by atoms with E-state index in [0.29, 0.717) is 12.8 Å². The zero-order chi connectivity index (χ0) is 12.9. The molecule has 3 fully saturated rings. The molecule has 0 aromatic heterocycles. The number of nitrogens with zero attached hydrogens (tertiary/aromatic N) is 1. The molecule has 96 valence electrons. The summed E-state index contributed by atoms with van der Waals surface area (Å²) in [5.41, 5.74) is -1.08. The third-order valence-electron chi connectivity index (χ3n) is 3.55. The Morgan fingerprint density at radius 1 is 1.33 bits per heavy atom. The molecule has 1 heterocycles. The van der Waals surface area contributed by atoms with Crippen LogP contribution in [0.5, 0.6) is 0 Å². The molecule has 2 saturated carbocycles. The lowest BCUT2D eigenvalue weighted by atomic mass is 10.0. The summed E-state index contributed by atoms with van der Waals surface area (Å²) in [6.45, 7) is -0.309. The summed E-state index contributed by atoms with van der Waals surface area (Å²) in [6, 6.07) is -0.620. The molecule has 1 saturated heterocycles. The van der Waals surface area contributed by atoms with E-state index in [-0.39, 0.29) is 18.5 Å². The molecule has 5 amide bonds. The van der Waals surface area contributed by atoms with E-state index in [2.05, 4.69) is 10.6 Å². The minimum atomic E-state index is -1.08. The number of hydrogen-bond donors (Lipinski definition) is 2. The average molecular weight is 251 g/mol. The lowest BCUT2D eigenvalue weighted by Gasteiger charge is -2.29. The molecule has 18 heavy (non-hydrogen) atoms. The van der Waals surface area contributed by atoms with E-state index in [1.165, 1.54) is 0 Å². The topological polar surface area (TPSA) is 95.6 Å². The molecule has 3 aliphatic rings. The second kappa shape index (κ2) is 3.54. The Bertz CT molecular complexity index is 465. The van der Waals surface area contributed by atoms with E-state index < -0.39 is 23.3 Å². The molecule has 2 aliphatic carbocycles. The second-order valence-corrected chi connectivity index (χ2v) is 5.07. The first-order valence-corrected chi connectivity index (χ1v) is 6.00. The molecular formula is C11H13N3O4. The Labute approximate surface area is 103 Å². The van der Waals surface area contributed by atoms with Gasteiger partial charge in [-0.25, -0.2) is 4.79 Å². The van der Waals surface area contributed by atoms with Crippen LogP contribution < -0.4 is 10.6 Å². The van der Waals surface area contributed by atoms with Gasteiger partial charge in [0, 0.05) is 6.04 Å². The lowest BCUT2D eigenvalue weighted by molar-refractivity contribution is -0.146. The summed E-state index contributed by atoms with van der Waals surface area (Å²) < 4.78 is 0. The second-order valence-electron chi connectivity index (χ2n) is 5.07. The summed E-state index contributed by atoms with van der Waals surface area (Å²) in [5.74, 6) is -1.43. The van der Waals surface area contributed by atoms with Crippen LogP contribution in [0.4, 0.5) is 4.79 Å². The number of urea groups is 1. The van der Waals surface area contributed by atoms with Crippen molar-refractivity contribution in [2.75, 3.05) is 6.54 Å². The number of rotatable bonds is 3. The molecule has 0 aromatic carbocycles. The Balaban J connectivity index is 1.70. The fraction of sp³-hybridized carbons (Fsp3) is 0.636. The van der Waals surface area contributed by atoms with E-state index in [9.17, 15) is 19.2 Å². The van der Waals surface area contributed by atoms with Crippen LogP contribution in [0.15, 0.2) is 0 Å². The maximum Gasteiger partial charge on any atom is 0.331 e. The SMILES string of the molecule is O=C(CN1C(=O)NC(=O)C2(CC2)C1=O)NC1CC1. The van der Waals surface area contributed by atoms with Crippen molar-refractivity contribution >= 4 is 23.8 Å². The maximum absolute atomic E-state index is 12.0. The van der Waals surface area contributed by atoms with Crippen LogP contribution >= 0.6 is 0 Å². The van der Waals surface area contributed by atoms with Crippen LogP contribution in [0.25, 0.3) is 0 Å². The van der Waals surface area contributed by atoms with Gasteiger partial charge in [-0.15, -0.1) is 0 Å². The largest absolute Gasteiger partial charge is 0.352 e. The van der Waals surface area contributed by atoms with Crippen LogP contribution in [0.3, 0.4) is 0 Å². The Morgan fingerprint density at radius 3 is 2.56 bits per heavy atom. The monoisotopic (exact) mass is 251 g/mol. The Kier molecular flexibility index (Phi) is 2.20. The zero-order valence-corrected chi connectivity index (χ0v) is 9.69. The van der Waals surface area contributed by atoms with Crippen LogP contribution in [0.1, 0.15) is 25.7 Å². The average Bonchev–Trinajstić information content (AvgIpc) is 3.16. The third kappa shape index (κ3) is 1.66. The molecule has 0 atom stereocenters. The highest BCUT2D eigenvalue weighted by atomic mass is 16.2. The van der Waals surface area contributed by atoms with Gasteiger partial charge in [0.25, 0.3) is 0 Å². The van der Waals surface area contributed by atoms with Gasteiger partial charge in [-0.3, -0.25) is 24.6 Å². The first-order chi connectivity index (χ1) is 8.53. The van der Waals surface area contributed by atoms with Crippen molar-refractivity contribution in [2.45, 2.75) is 31.7 Å². The summed E-state index contributed by atoms with van der Waals surface area (Å²) >= 11 is 0. The number of hydrogen-bond acceptors (Lipinski definition) is 4. The quantitative estimate of drug-likeness (QED) is 0.637. The van der Waals surface area contributed by atoms with E-state index in [0.717, 1.165) is 17.7 Å². The number of carbonyl (C=O) groups excluding carboxylic acids is 4. The number of imide groups is 2. The number of carbonyl (C=O) groups is 4. The zero-order valence-electron chi connectivity index (χ0n) is 9.69. The van der Waals surface area contributed by atoms with Crippen molar-refractivity contribution < 1.29 is 19.2 Å². The fourth-order valence-corrected chi connectivity index (χ4v) is 2.09. The van der Waals surface area contributed by atoms with Gasteiger partial charge in [0.05, 0.1) is 0 Å². The highest BCUT2D eigenvalue weighted by Crippen LogP contribution is 2.48. The summed E-state index contributed by atoms with van der Waals surface area (Å²) in [6.07, 6.45) is 2.78. The van der Waals surface area contributed by atoms with Crippen LogP contribution in [0.2, 0.25) is 0 Å². The Morgan fingerprint density at radius 2 is 2.00 bits per heavy atom. The molecule has 0 unspecified atom stereocenters. The minimum absolute atomic E-state index is 0.178. The van der Waals surface area contributed by atoms with Crippen molar-refractivity contribution in [1.82, 2.24) is 15.5 Å². The van der Waals surface area contributed by atoms with Gasteiger partial charge in [-0.1, -0.05) is 0 Å². The predicted octanol–water partition coefficient (Wildman–Crippen LogP) is -0.876. The van der Waals surface area contributed by atoms with Gasteiger partial charge in [-0.2, -0.15) is 0 Å². The van der Waals surface area contributed by atoms with Crippen LogP contribution in [-0.2, 0) is 14.4 Å². The molecule has 3 rings (SSSR count). The molecule has 0 bridgehead atoms. The maximum atomic E-state index is 12.0. The van der Waals surface area contributed by atoms with Crippen molar-refractivity contribution in [1.29, 1.82) is 0 Å². The summed E-state index contributed by atoms with van der Waals surface area (Å²) in [7, 11) is 0. The highest BCUT2D eigenvalue weighted by Gasteiger charge is 2.62. The van der Waals surface area contributed by atoms with Crippen molar-refractivity contribution in [3.8, 4) is 0 Å². The van der Waals surface area contributed by atoms with E-state index in [4.69, 9.17) is 0 Å². The molecule has 7 nitrogen and oxygen atoms in total. The highest BCUT2D eigenvalue weighted by molar-refractivity contribution is 6.21. The number of amides is 5. The number of nitrogens with one attached hydrogen (secondary N) is 2. The smallest absolute Gasteiger partial charge is 0.331 e. The first-order valence-electron chi connectivity index (χ1n) is 6.00. The third-order valence-corrected chi connectivity index (χ3v) is 3.55. The Hall–Kier alpha value is -1.92. The standard InChI is InChI=1S/C11H13N3O4/c15-7(12-6-1-2-6)5-14-9(17)11(3-4-11)8(16)13-10(14)18/h6H,1-5H2,(H,12,15)(H,13,16,18). The minimum Gasteiger partial charge on any atom is -0.352 e. The van der Waals surface area contributed by atoms with Crippen molar-refractivity contribution in [3.05, 3.63) is 0 Å². The van der Waals surface area contributed by atoms with Gasteiger partial charge in [0.2, 0.25) is 17.7 Å². The fourth-order valence-electron chi connectivity index (χ4n) is 2.09. The normalized spacial score (nSPS) is 25.1. The van der Waals surface area contributed by atoms with E-state index >= 15 is 0 Å². The molecule has 1 spiro atoms. The molecular weight excluding hydrogens is 238 g/mol. The molecule has 0 radical (unpaired) electrons. The van der Waals surface area contributed by atoms with Crippen LogP contribution in [-0.4, -0.2) is 41.2 Å². The van der Waals surface area contributed by atoms with E-state index in [1.807, 2.05) is 0 Å². The van der Waals surface area contributed by atoms with Gasteiger partial charge in [0.15, 0.2) is 0 Å². The molecule has 0 aromatic rings. The van der Waals surface area contributed by atoms with Gasteiger partial charge < -0.3 is 5.32 Å². The summed E-state index contributed by atoms with van der Waals surface area (Å²) in [5, 5.41) is 4.84. The van der Waals surface area contributed by atoms with Gasteiger partial charge >= 0.3 is 6.03 Å². The lowest BCUT2D eigenvalue weighted by Crippen LogP contribution is -2.60. The first kappa shape index (κ1) is 11.2. The summed E-state index contributed by atoms with van der Waals surface area (Å²) in [4.78, 5) is 47.6. The molecule has 7 heteroatoms. The molecule has 1 aliphatic heterocycles. The predicted molar refractivity (Wildman–Crippen MR) is 58.1 cm³/mol. The van der Waals surface area contributed by atoms with E-state index in [1.54, 1.807) is 0 Å². The van der Waals surface area contributed by atoms with Gasteiger partial charge in [0.1, 0.15) is 12.0 Å². The van der Waals surface area contributed by atoms with Crippen molar-refractivity contribution in [3.63, 3.8) is 0 Å². The van der Waals surface area contributed by atoms with Gasteiger partial charge in [-0.05, 0) is 25.7 Å². The number of barbiturate groups is 1. The van der Waals surface area contributed by atoms with Crippen LogP contribution in [0, 0.1) is 5.41 Å². The van der Waals surface area contributed by atoms with Crippen molar-refractivity contribution in [2.24, 2.45) is 5.41 Å². The molecule has 2 N–H and O–H groups in total.